The first kappa shape index (κ1) is 13.7. The fraction of sp³-hybridized carbons (Fsp3) is 0.385. The zero-order valence-electron chi connectivity index (χ0n) is 10.4. The number of benzene rings is 1. The lowest BCUT2D eigenvalue weighted by atomic mass is 10.1. The van der Waals surface area contributed by atoms with Gasteiger partial charge in [-0.05, 0) is 18.4 Å². The number of urea groups is 1. The monoisotopic (exact) mass is 282 g/mol. The zero-order chi connectivity index (χ0) is 14.0. The fourth-order valence-electron chi connectivity index (χ4n) is 1.85. The van der Waals surface area contributed by atoms with E-state index in [1.165, 1.54) is 0 Å². The van der Waals surface area contributed by atoms with Gasteiger partial charge in [0.15, 0.2) is 6.04 Å². The molecule has 2 unspecified atom stereocenters. The standard InChI is InChI=1S/C13H15ClN2O3/c1-7-6-10(7)15-13(19)16-11(12(17)18)8-4-2-3-5-9(8)14/h2-5,7,10-11H,6H2,1H3,(H,17,18)(H2,15,16,19)/t7?,10?,11-/m1/s1. The number of halogens is 1. The average Bonchev–Trinajstić information content (AvgIpc) is 3.02. The molecule has 0 spiro atoms. The van der Waals surface area contributed by atoms with E-state index in [1.807, 2.05) is 6.92 Å². The zero-order valence-corrected chi connectivity index (χ0v) is 11.1. The van der Waals surface area contributed by atoms with Gasteiger partial charge in [0.25, 0.3) is 0 Å². The van der Waals surface area contributed by atoms with E-state index < -0.39 is 18.0 Å². The molecule has 0 saturated heterocycles. The number of nitrogens with one attached hydrogen (secondary N) is 2. The van der Waals surface area contributed by atoms with Gasteiger partial charge in [0.1, 0.15) is 0 Å². The molecule has 2 amide bonds. The van der Waals surface area contributed by atoms with Gasteiger partial charge in [-0.3, -0.25) is 0 Å². The molecule has 1 aromatic carbocycles. The largest absolute Gasteiger partial charge is 0.479 e. The second kappa shape index (κ2) is 5.48. The summed E-state index contributed by atoms with van der Waals surface area (Å²) in [4.78, 5) is 23.0. The number of aliphatic carboxylic acids is 1. The summed E-state index contributed by atoms with van der Waals surface area (Å²) in [6.45, 7) is 2.02. The quantitative estimate of drug-likeness (QED) is 0.792. The Balaban J connectivity index is 2.06. The Hall–Kier alpha value is -1.75. The minimum absolute atomic E-state index is 0.140. The van der Waals surface area contributed by atoms with Crippen molar-refractivity contribution in [2.45, 2.75) is 25.4 Å². The van der Waals surface area contributed by atoms with Crippen molar-refractivity contribution < 1.29 is 14.7 Å². The summed E-state index contributed by atoms with van der Waals surface area (Å²) in [5, 5.41) is 14.7. The number of carbonyl (C=O) groups is 2. The number of carboxylic acid groups (broad SMARTS) is 1. The summed E-state index contributed by atoms with van der Waals surface area (Å²) in [6, 6.07) is 5.07. The maximum atomic E-state index is 11.7. The SMILES string of the molecule is CC1CC1NC(=O)N[C@@H](C(=O)O)c1ccccc1Cl. The van der Waals surface area contributed by atoms with Crippen molar-refractivity contribution in [3.05, 3.63) is 34.9 Å². The summed E-state index contributed by atoms with van der Waals surface area (Å²) < 4.78 is 0. The number of carboxylic acids is 1. The third-order valence-electron chi connectivity index (χ3n) is 3.16. The minimum atomic E-state index is -1.15. The summed E-state index contributed by atoms with van der Waals surface area (Å²) in [6.07, 6.45) is 0.928. The maximum Gasteiger partial charge on any atom is 0.331 e. The van der Waals surface area contributed by atoms with E-state index in [9.17, 15) is 14.7 Å². The molecule has 2 rings (SSSR count). The van der Waals surface area contributed by atoms with Gasteiger partial charge in [0.2, 0.25) is 0 Å². The summed E-state index contributed by atoms with van der Waals surface area (Å²) >= 11 is 5.95. The van der Waals surface area contributed by atoms with Crippen LogP contribution >= 0.6 is 11.6 Å². The van der Waals surface area contributed by atoms with Gasteiger partial charge in [-0.25, -0.2) is 9.59 Å². The summed E-state index contributed by atoms with van der Waals surface area (Å²) in [5.41, 5.74) is 0.371. The second-order valence-electron chi connectivity index (χ2n) is 4.73. The highest BCUT2D eigenvalue weighted by Gasteiger charge is 2.35. The Bertz CT molecular complexity index is 506. The van der Waals surface area contributed by atoms with Crippen molar-refractivity contribution in [1.29, 1.82) is 0 Å². The molecule has 1 aromatic rings. The Kier molecular flexibility index (Phi) is 3.95. The number of hydrogen-bond donors (Lipinski definition) is 3. The van der Waals surface area contributed by atoms with Crippen LogP contribution in [0.4, 0.5) is 4.79 Å². The molecule has 3 atom stereocenters. The molecule has 3 N–H and O–H groups in total. The number of rotatable bonds is 4. The Morgan fingerprint density at radius 1 is 1.42 bits per heavy atom. The predicted octanol–water partition coefficient (Wildman–Crippen LogP) is 2.17. The van der Waals surface area contributed by atoms with Crippen LogP contribution in [-0.2, 0) is 4.79 Å². The lowest BCUT2D eigenvalue weighted by molar-refractivity contribution is -0.139. The van der Waals surface area contributed by atoms with Gasteiger partial charge in [-0.2, -0.15) is 0 Å². The molecule has 0 radical (unpaired) electrons. The summed E-state index contributed by atoms with van der Waals surface area (Å²) in [7, 11) is 0. The van der Waals surface area contributed by atoms with Crippen LogP contribution in [0.15, 0.2) is 24.3 Å². The molecular formula is C13H15ClN2O3. The topological polar surface area (TPSA) is 78.4 Å². The normalized spacial score (nSPS) is 22.4. The van der Waals surface area contributed by atoms with Crippen LogP contribution in [0, 0.1) is 5.92 Å². The molecule has 0 aromatic heterocycles. The van der Waals surface area contributed by atoms with E-state index in [0.717, 1.165) is 6.42 Å². The van der Waals surface area contributed by atoms with E-state index in [-0.39, 0.29) is 6.04 Å². The first-order chi connectivity index (χ1) is 8.99. The molecule has 102 valence electrons. The Labute approximate surface area is 116 Å². The molecule has 1 aliphatic rings. The first-order valence-corrected chi connectivity index (χ1v) is 6.41. The van der Waals surface area contributed by atoms with Crippen molar-refractivity contribution in [3.8, 4) is 0 Å². The van der Waals surface area contributed by atoms with Crippen LogP contribution in [-0.4, -0.2) is 23.1 Å². The average molecular weight is 283 g/mol. The number of carbonyl (C=O) groups excluding carboxylic acids is 1. The molecular weight excluding hydrogens is 268 g/mol. The van der Waals surface area contributed by atoms with Gasteiger partial charge in [0, 0.05) is 16.6 Å². The fourth-order valence-corrected chi connectivity index (χ4v) is 2.09. The maximum absolute atomic E-state index is 11.7. The van der Waals surface area contributed by atoms with Gasteiger partial charge < -0.3 is 15.7 Å². The molecule has 6 heteroatoms. The molecule has 0 heterocycles. The highest BCUT2D eigenvalue weighted by molar-refractivity contribution is 6.31. The summed E-state index contributed by atoms with van der Waals surface area (Å²) in [5.74, 6) is -0.693. The molecule has 1 saturated carbocycles. The van der Waals surface area contributed by atoms with E-state index in [4.69, 9.17) is 11.6 Å². The lowest BCUT2D eigenvalue weighted by Gasteiger charge is -2.16. The van der Waals surface area contributed by atoms with E-state index in [1.54, 1.807) is 24.3 Å². The van der Waals surface area contributed by atoms with Crippen LogP contribution in [0.25, 0.3) is 0 Å². The predicted molar refractivity (Wildman–Crippen MR) is 71.1 cm³/mol. The molecule has 0 aliphatic heterocycles. The Morgan fingerprint density at radius 2 is 2.05 bits per heavy atom. The van der Waals surface area contributed by atoms with Gasteiger partial charge in [0.05, 0.1) is 0 Å². The number of amides is 2. The molecule has 5 nitrogen and oxygen atoms in total. The molecule has 1 aliphatic carbocycles. The van der Waals surface area contributed by atoms with E-state index in [2.05, 4.69) is 10.6 Å². The van der Waals surface area contributed by atoms with Crippen LogP contribution in [0.3, 0.4) is 0 Å². The van der Waals surface area contributed by atoms with Gasteiger partial charge in [-0.1, -0.05) is 36.7 Å². The third-order valence-corrected chi connectivity index (χ3v) is 3.51. The van der Waals surface area contributed by atoms with Crippen molar-refractivity contribution in [2.24, 2.45) is 5.92 Å². The highest BCUT2D eigenvalue weighted by atomic mass is 35.5. The molecule has 1 fully saturated rings. The van der Waals surface area contributed by atoms with E-state index in [0.29, 0.717) is 16.5 Å². The van der Waals surface area contributed by atoms with Crippen molar-refractivity contribution in [1.82, 2.24) is 10.6 Å². The first-order valence-electron chi connectivity index (χ1n) is 6.03. The van der Waals surface area contributed by atoms with Gasteiger partial charge >= 0.3 is 12.0 Å². The van der Waals surface area contributed by atoms with Crippen molar-refractivity contribution in [2.75, 3.05) is 0 Å². The van der Waals surface area contributed by atoms with Crippen LogP contribution in [0.5, 0.6) is 0 Å². The van der Waals surface area contributed by atoms with Crippen LogP contribution in [0.1, 0.15) is 24.9 Å². The molecule has 0 bridgehead atoms. The van der Waals surface area contributed by atoms with Gasteiger partial charge in [-0.15, -0.1) is 0 Å². The van der Waals surface area contributed by atoms with E-state index >= 15 is 0 Å². The number of hydrogen-bond acceptors (Lipinski definition) is 2. The molecule has 19 heavy (non-hydrogen) atoms. The van der Waals surface area contributed by atoms with Crippen molar-refractivity contribution >= 4 is 23.6 Å². The Morgan fingerprint density at radius 3 is 2.58 bits per heavy atom. The van der Waals surface area contributed by atoms with Crippen molar-refractivity contribution in [3.63, 3.8) is 0 Å². The van der Waals surface area contributed by atoms with Crippen LogP contribution < -0.4 is 10.6 Å². The highest BCUT2D eigenvalue weighted by Crippen LogP contribution is 2.29. The smallest absolute Gasteiger partial charge is 0.331 e. The third kappa shape index (κ3) is 3.38. The minimum Gasteiger partial charge on any atom is -0.479 e. The second-order valence-corrected chi connectivity index (χ2v) is 5.14. The lowest BCUT2D eigenvalue weighted by Crippen LogP contribution is -2.42. The van der Waals surface area contributed by atoms with Crippen LogP contribution in [0.2, 0.25) is 5.02 Å².